The van der Waals surface area contributed by atoms with Crippen molar-refractivity contribution in [3.05, 3.63) is 34.9 Å². The molecule has 1 aliphatic rings. The monoisotopic (exact) mass is 211 g/mol. The maximum absolute atomic E-state index is 9.64. The molecule has 1 fully saturated rings. The van der Waals surface area contributed by atoms with Crippen LogP contribution in [0.1, 0.15) is 12.0 Å². The first-order valence-electron chi connectivity index (χ1n) is 4.92. The second-order valence-electron chi connectivity index (χ2n) is 3.71. The first-order valence-corrected chi connectivity index (χ1v) is 5.30. The zero-order chi connectivity index (χ0) is 9.97. The molecule has 1 aliphatic heterocycles. The molecule has 0 radical (unpaired) electrons. The summed E-state index contributed by atoms with van der Waals surface area (Å²) in [5.74, 6) is 0. The van der Waals surface area contributed by atoms with Crippen LogP contribution in [0.4, 0.5) is 0 Å². The van der Waals surface area contributed by atoms with Gasteiger partial charge in [-0.2, -0.15) is 0 Å². The van der Waals surface area contributed by atoms with Crippen molar-refractivity contribution in [2.75, 3.05) is 6.54 Å². The minimum absolute atomic E-state index is 0.162. The summed E-state index contributed by atoms with van der Waals surface area (Å²) in [6.45, 7) is 0.899. The Bertz CT molecular complexity index is 316. The minimum Gasteiger partial charge on any atom is -0.391 e. The highest BCUT2D eigenvalue weighted by Gasteiger charge is 2.24. The summed E-state index contributed by atoms with van der Waals surface area (Å²) in [5.41, 5.74) is 1.10. The number of halogens is 1. The van der Waals surface area contributed by atoms with Gasteiger partial charge in [-0.1, -0.05) is 29.8 Å². The molecule has 14 heavy (non-hydrogen) atoms. The third-order valence-corrected chi connectivity index (χ3v) is 3.08. The molecule has 1 heterocycles. The first-order chi connectivity index (χ1) is 6.77. The fraction of sp³-hybridized carbons (Fsp3) is 0.455. The lowest BCUT2D eigenvalue weighted by Crippen LogP contribution is -2.32. The van der Waals surface area contributed by atoms with Gasteiger partial charge in [0.25, 0.3) is 0 Å². The molecule has 3 heteroatoms. The molecule has 2 N–H and O–H groups in total. The summed E-state index contributed by atoms with van der Waals surface area (Å²) in [6, 6.07) is 7.95. The van der Waals surface area contributed by atoms with Crippen molar-refractivity contribution in [3.8, 4) is 0 Å². The standard InChI is InChI=1S/C11H14ClNO/c12-9-4-2-1-3-8(9)7-10-11(14)5-6-13-10/h1-4,10-11,13-14H,5-7H2. The van der Waals surface area contributed by atoms with Crippen LogP contribution >= 0.6 is 11.6 Å². The molecule has 0 aromatic heterocycles. The van der Waals surface area contributed by atoms with E-state index in [1.807, 2.05) is 24.3 Å². The molecule has 0 amide bonds. The summed E-state index contributed by atoms with van der Waals surface area (Å²) in [5, 5.41) is 13.7. The fourth-order valence-corrected chi connectivity index (χ4v) is 2.08. The Morgan fingerprint density at radius 1 is 1.43 bits per heavy atom. The van der Waals surface area contributed by atoms with Crippen LogP contribution in [-0.2, 0) is 6.42 Å². The minimum atomic E-state index is -0.230. The van der Waals surface area contributed by atoms with E-state index in [4.69, 9.17) is 11.6 Å². The van der Waals surface area contributed by atoms with Crippen LogP contribution in [0.3, 0.4) is 0 Å². The topological polar surface area (TPSA) is 32.3 Å². The Kier molecular flexibility index (Phi) is 3.06. The van der Waals surface area contributed by atoms with Crippen molar-refractivity contribution in [1.82, 2.24) is 5.32 Å². The van der Waals surface area contributed by atoms with E-state index in [1.54, 1.807) is 0 Å². The lowest BCUT2D eigenvalue weighted by Gasteiger charge is -2.15. The molecule has 76 valence electrons. The van der Waals surface area contributed by atoms with Gasteiger partial charge in [-0.15, -0.1) is 0 Å². The van der Waals surface area contributed by atoms with E-state index in [0.29, 0.717) is 0 Å². The Morgan fingerprint density at radius 3 is 2.86 bits per heavy atom. The highest BCUT2D eigenvalue weighted by atomic mass is 35.5. The van der Waals surface area contributed by atoms with Gasteiger partial charge in [-0.25, -0.2) is 0 Å². The van der Waals surface area contributed by atoms with E-state index < -0.39 is 0 Å². The molecule has 2 nitrogen and oxygen atoms in total. The molecule has 0 spiro atoms. The Hall–Kier alpha value is -0.570. The van der Waals surface area contributed by atoms with Gasteiger partial charge in [0.2, 0.25) is 0 Å². The maximum Gasteiger partial charge on any atom is 0.0708 e. The number of nitrogens with one attached hydrogen (secondary N) is 1. The molecule has 2 rings (SSSR count). The van der Waals surface area contributed by atoms with E-state index in [0.717, 1.165) is 30.0 Å². The molecule has 2 unspecified atom stereocenters. The molecule has 0 saturated carbocycles. The third kappa shape index (κ3) is 2.08. The highest BCUT2D eigenvalue weighted by molar-refractivity contribution is 6.31. The van der Waals surface area contributed by atoms with Crippen molar-refractivity contribution >= 4 is 11.6 Å². The van der Waals surface area contributed by atoms with Crippen LogP contribution in [0.2, 0.25) is 5.02 Å². The van der Waals surface area contributed by atoms with E-state index in [2.05, 4.69) is 5.32 Å². The number of hydrogen-bond donors (Lipinski definition) is 2. The van der Waals surface area contributed by atoms with Gasteiger partial charge in [0.15, 0.2) is 0 Å². The van der Waals surface area contributed by atoms with Crippen molar-refractivity contribution in [1.29, 1.82) is 0 Å². The summed E-state index contributed by atoms with van der Waals surface area (Å²) >= 11 is 6.04. The zero-order valence-electron chi connectivity index (χ0n) is 7.91. The average Bonchev–Trinajstić information content (AvgIpc) is 2.56. The SMILES string of the molecule is OC1CCNC1Cc1ccccc1Cl. The van der Waals surface area contributed by atoms with Crippen molar-refractivity contribution in [2.24, 2.45) is 0 Å². The molecular formula is C11H14ClNO. The van der Waals surface area contributed by atoms with Crippen molar-refractivity contribution in [3.63, 3.8) is 0 Å². The van der Waals surface area contributed by atoms with Crippen molar-refractivity contribution < 1.29 is 5.11 Å². The fourth-order valence-electron chi connectivity index (χ4n) is 1.86. The maximum atomic E-state index is 9.64. The number of aliphatic hydroxyl groups excluding tert-OH is 1. The smallest absolute Gasteiger partial charge is 0.0708 e. The lowest BCUT2D eigenvalue weighted by molar-refractivity contribution is 0.159. The van der Waals surface area contributed by atoms with Gasteiger partial charge in [0.05, 0.1) is 6.10 Å². The largest absolute Gasteiger partial charge is 0.391 e. The van der Waals surface area contributed by atoms with Gasteiger partial charge >= 0.3 is 0 Å². The molecule has 1 aromatic rings. The molecule has 2 atom stereocenters. The van der Waals surface area contributed by atoms with Crippen LogP contribution in [0, 0.1) is 0 Å². The number of hydrogen-bond acceptors (Lipinski definition) is 2. The van der Waals surface area contributed by atoms with Gasteiger partial charge in [0.1, 0.15) is 0 Å². The number of benzene rings is 1. The highest BCUT2D eigenvalue weighted by Crippen LogP contribution is 2.19. The predicted octanol–water partition coefficient (Wildman–Crippen LogP) is 1.61. The zero-order valence-corrected chi connectivity index (χ0v) is 8.67. The molecule has 0 aliphatic carbocycles. The van der Waals surface area contributed by atoms with Gasteiger partial charge in [-0.05, 0) is 31.0 Å². The summed E-state index contributed by atoms with van der Waals surface area (Å²) < 4.78 is 0. The second-order valence-corrected chi connectivity index (χ2v) is 4.12. The van der Waals surface area contributed by atoms with Gasteiger partial charge in [0, 0.05) is 11.1 Å². The second kappa shape index (κ2) is 4.30. The normalized spacial score (nSPS) is 26.7. The van der Waals surface area contributed by atoms with E-state index >= 15 is 0 Å². The molecule has 1 aromatic carbocycles. The summed E-state index contributed by atoms with van der Waals surface area (Å²) in [4.78, 5) is 0. The summed E-state index contributed by atoms with van der Waals surface area (Å²) in [6.07, 6.45) is 1.42. The quantitative estimate of drug-likeness (QED) is 0.779. The Labute approximate surface area is 88.9 Å². The predicted molar refractivity (Wildman–Crippen MR) is 57.6 cm³/mol. The Morgan fingerprint density at radius 2 is 2.21 bits per heavy atom. The summed E-state index contributed by atoms with van der Waals surface area (Å²) in [7, 11) is 0. The average molecular weight is 212 g/mol. The van der Waals surface area contributed by atoms with Crippen molar-refractivity contribution in [2.45, 2.75) is 25.0 Å². The third-order valence-electron chi connectivity index (χ3n) is 2.71. The van der Waals surface area contributed by atoms with Crippen LogP contribution in [0.25, 0.3) is 0 Å². The Balaban J connectivity index is 2.07. The van der Waals surface area contributed by atoms with Gasteiger partial charge < -0.3 is 10.4 Å². The van der Waals surface area contributed by atoms with Crippen LogP contribution in [-0.4, -0.2) is 23.8 Å². The molecule has 0 bridgehead atoms. The van der Waals surface area contributed by atoms with E-state index in [-0.39, 0.29) is 12.1 Å². The van der Waals surface area contributed by atoms with E-state index in [9.17, 15) is 5.11 Å². The van der Waals surface area contributed by atoms with Gasteiger partial charge in [-0.3, -0.25) is 0 Å². The molecule has 1 saturated heterocycles. The van der Waals surface area contributed by atoms with Crippen LogP contribution < -0.4 is 5.32 Å². The number of aliphatic hydroxyl groups is 1. The van der Waals surface area contributed by atoms with Crippen LogP contribution in [0.5, 0.6) is 0 Å². The van der Waals surface area contributed by atoms with Crippen LogP contribution in [0.15, 0.2) is 24.3 Å². The number of rotatable bonds is 2. The lowest BCUT2D eigenvalue weighted by atomic mass is 10.0. The first kappa shape index (κ1) is 9.97. The molecular weight excluding hydrogens is 198 g/mol. The van der Waals surface area contributed by atoms with E-state index in [1.165, 1.54) is 0 Å².